The van der Waals surface area contributed by atoms with Gasteiger partial charge in [0.1, 0.15) is 12.4 Å². The van der Waals surface area contributed by atoms with E-state index in [2.05, 4.69) is 17.4 Å². The molecular weight excluding hydrogens is 421 g/mol. The topological polar surface area (TPSA) is 61.9 Å². The highest BCUT2D eigenvalue weighted by atomic mass is 19.1. The number of rotatable bonds is 3. The van der Waals surface area contributed by atoms with Gasteiger partial charge in [-0.15, -0.1) is 0 Å². The van der Waals surface area contributed by atoms with Crippen LogP contribution in [0.3, 0.4) is 0 Å². The van der Waals surface area contributed by atoms with Crippen molar-refractivity contribution in [1.82, 2.24) is 9.80 Å². The average Bonchev–Trinajstić information content (AvgIpc) is 3.47. The maximum atomic E-state index is 13.5. The summed E-state index contributed by atoms with van der Waals surface area (Å²) in [4.78, 5) is 28.6. The number of hydrogen-bond donors (Lipinski definition) is 1. The number of cyclic esters (lactones) is 1. The van der Waals surface area contributed by atoms with Crippen molar-refractivity contribution in [2.45, 2.75) is 62.6 Å². The van der Waals surface area contributed by atoms with Crippen molar-refractivity contribution in [3.05, 3.63) is 65.0 Å². The standard InChI is InChI=1S/C26H28FN3O3/c27-21-4-1-18-16-29(17-19(18)15-21)23(31)28-22-5-2-20(3-6-22)25-7-10-26(11-8-25,12-9-25)30-13-14-33-24(30)32/h1-6,15H,7-14,16-17H2,(H,28,31). The van der Waals surface area contributed by atoms with E-state index in [-0.39, 0.29) is 28.9 Å². The van der Waals surface area contributed by atoms with Crippen molar-refractivity contribution >= 4 is 17.8 Å². The lowest BCUT2D eigenvalue weighted by Crippen LogP contribution is -2.58. The molecule has 2 bridgehead atoms. The van der Waals surface area contributed by atoms with Crippen molar-refractivity contribution in [2.75, 3.05) is 18.5 Å². The molecule has 33 heavy (non-hydrogen) atoms. The number of hydrogen-bond acceptors (Lipinski definition) is 3. The molecule has 4 fully saturated rings. The van der Waals surface area contributed by atoms with Gasteiger partial charge in [0.25, 0.3) is 0 Å². The molecule has 0 aromatic heterocycles. The molecule has 0 unspecified atom stereocenters. The highest BCUT2D eigenvalue weighted by Crippen LogP contribution is 2.56. The van der Waals surface area contributed by atoms with E-state index < -0.39 is 0 Å². The number of carbonyl (C=O) groups is 2. The molecule has 172 valence electrons. The number of halogens is 1. The number of urea groups is 1. The lowest BCUT2D eigenvalue weighted by Gasteiger charge is -2.56. The Kier molecular flexibility index (Phi) is 4.64. The van der Waals surface area contributed by atoms with Gasteiger partial charge in [-0.25, -0.2) is 14.0 Å². The predicted octanol–water partition coefficient (Wildman–Crippen LogP) is 5.17. The second-order valence-electron chi connectivity index (χ2n) is 10.0. The van der Waals surface area contributed by atoms with E-state index in [9.17, 15) is 14.0 Å². The minimum Gasteiger partial charge on any atom is -0.448 e. The smallest absolute Gasteiger partial charge is 0.410 e. The lowest BCUT2D eigenvalue weighted by atomic mass is 9.54. The predicted molar refractivity (Wildman–Crippen MR) is 121 cm³/mol. The highest BCUT2D eigenvalue weighted by Gasteiger charge is 2.54. The van der Waals surface area contributed by atoms with E-state index in [4.69, 9.17) is 4.74 Å². The van der Waals surface area contributed by atoms with Crippen LogP contribution >= 0.6 is 0 Å². The van der Waals surface area contributed by atoms with Crippen LogP contribution < -0.4 is 5.32 Å². The van der Waals surface area contributed by atoms with Crippen LogP contribution in [0.25, 0.3) is 0 Å². The van der Waals surface area contributed by atoms with Crippen molar-refractivity contribution in [1.29, 1.82) is 0 Å². The molecule has 0 spiro atoms. The molecule has 3 aliphatic carbocycles. The van der Waals surface area contributed by atoms with Gasteiger partial charge in [0.2, 0.25) is 0 Å². The summed E-state index contributed by atoms with van der Waals surface area (Å²) < 4.78 is 18.7. The Balaban J connectivity index is 1.10. The summed E-state index contributed by atoms with van der Waals surface area (Å²) in [7, 11) is 0. The van der Waals surface area contributed by atoms with Crippen LogP contribution in [0.4, 0.5) is 19.7 Å². The minimum atomic E-state index is -0.269. The number of benzene rings is 2. The second kappa shape index (κ2) is 7.47. The Morgan fingerprint density at radius 1 is 0.939 bits per heavy atom. The Morgan fingerprint density at radius 3 is 2.30 bits per heavy atom. The number of ether oxygens (including phenoxy) is 1. The molecule has 0 radical (unpaired) electrons. The van der Waals surface area contributed by atoms with Gasteiger partial charge < -0.3 is 15.0 Å². The molecule has 1 saturated heterocycles. The van der Waals surface area contributed by atoms with Gasteiger partial charge in [0.05, 0.1) is 6.54 Å². The molecule has 7 heteroatoms. The molecule has 2 heterocycles. The summed E-state index contributed by atoms with van der Waals surface area (Å²) >= 11 is 0. The molecule has 2 aromatic carbocycles. The van der Waals surface area contributed by atoms with E-state index >= 15 is 0 Å². The van der Waals surface area contributed by atoms with Crippen molar-refractivity contribution in [3.63, 3.8) is 0 Å². The number of nitrogens with zero attached hydrogens (tertiary/aromatic N) is 2. The molecule has 7 rings (SSSR count). The largest absolute Gasteiger partial charge is 0.448 e. The Hall–Kier alpha value is -3.09. The molecule has 3 saturated carbocycles. The van der Waals surface area contributed by atoms with Gasteiger partial charge in [0, 0.05) is 24.3 Å². The number of anilines is 1. The highest BCUT2D eigenvalue weighted by molar-refractivity contribution is 5.89. The van der Waals surface area contributed by atoms with E-state index in [1.165, 1.54) is 17.7 Å². The molecule has 2 aliphatic heterocycles. The summed E-state index contributed by atoms with van der Waals surface area (Å²) in [5.74, 6) is -0.269. The average molecular weight is 450 g/mol. The Bertz CT molecular complexity index is 1090. The molecule has 6 nitrogen and oxygen atoms in total. The van der Waals surface area contributed by atoms with Gasteiger partial charge in [-0.2, -0.15) is 0 Å². The molecule has 0 atom stereocenters. The Labute approximate surface area is 192 Å². The zero-order valence-electron chi connectivity index (χ0n) is 18.6. The first-order valence-electron chi connectivity index (χ1n) is 11.8. The van der Waals surface area contributed by atoms with Crippen LogP contribution in [-0.4, -0.2) is 40.6 Å². The van der Waals surface area contributed by atoms with Crippen LogP contribution in [0.5, 0.6) is 0 Å². The zero-order chi connectivity index (χ0) is 22.6. The molecule has 1 N–H and O–H groups in total. The number of amides is 3. The normalized spacial score (nSPS) is 28.1. The van der Waals surface area contributed by atoms with Crippen LogP contribution in [-0.2, 0) is 23.2 Å². The van der Waals surface area contributed by atoms with E-state index in [0.29, 0.717) is 19.7 Å². The lowest BCUT2D eigenvalue weighted by molar-refractivity contribution is 0.00497. The second-order valence-corrected chi connectivity index (χ2v) is 10.0. The van der Waals surface area contributed by atoms with E-state index in [0.717, 1.165) is 61.9 Å². The van der Waals surface area contributed by atoms with E-state index in [1.54, 1.807) is 11.0 Å². The first-order valence-corrected chi connectivity index (χ1v) is 11.8. The molecule has 2 aromatic rings. The zero-order valence-corrected chi connectivity index (χ0v) is 18.6. The van der Waals surface area contributed by atoms with Crippen molar-refractivity contribution in [2.24, 2.45) is 0 Å². The van der Waals surface area contributed by atoms with Crippen LogP contribution in [0.1, 0.15) is 55.2 Å². The van der Waals surface area contributed by atoms with Crippen LogP contribution in [0.2, 0.25) is 0 Å². The monoisotopic (exact) mass is 449 g/mol. The summed E-state index contributed by atoms with van der Waals surface area (Å²) in [6.07, 6.45) is 6.15. The van der Waals surface area contributed by atoms with Gasteiger partial charge in [-0.3, -0.25) is 4.90 Å². The number of nitrogens with one attached hydrogen (secondary N) is 1. The summed E-state index contributed by atoms with van der Waals surface area (Å²) in [5, 5.41) is 2.99. The minimum absolute atomic E-state index is 0.0144. The fourth-order valence-corrected chi connectivity index (χ4v) is 6.44. The SMILES string of the molecule is O=C(Nc1ccc(C23CCC(N4CCOC4=O)(CC2)CC3)cc1)N1Cc2ccc(F)cc2C1. The summed E-state index contributed by atoms with van der Waals surface area (Å²) in [6.45, 7) is 2.15. The third-order valence-corrected chi connectivity index (χ3v) is 8.47. The first kappa shape index (κ1) is 20.5. The van der Waals surface area contributed by atoms with Gasteiger partial charge in [0.15, 0.2) is 0 Å². The fourth-order valence-electron chi connectivity index (χ4n) is 6.44. The van der Waals surface area contributed by atoms with Gasteiger partial charge >= 0.3 is 12.1 Å². The summed E-state index contributed by atoms with van der Waals surface area (Å²) in [5.41, 5.74) is 4.10. The summed E-state index contributed by atoms with van der Waals surface area (Å²) in [6, 6.07) is 12.8. The molecular formula is C26H28FN3O3. The van der Waals surface area contributed by atoms with Gasteiger partial charge in [-0.05, 0) is 84.9 Å². The number of carbonyl (C=O) groups excluding carboxylic acids is 2. The van der Waals surface area contributed by atoms with Crippen molar-refractivity contribution in [3.8, 4) is 0 Å². The van der Waals surface area contributed by atoms with Crippen LogP contribution in [0, 0.1) is 5.82 Å². The van der Waals surface area contributed by atoms with E-state index in [1.807, 2.05) is 17.0 Å². The third-order valence-electron chi connectivity index (χ3n) is 8.47. The van der Waals surface area contributed by atoms with Crippen molar-refractivity contribution < 1.29 is 18.7 Å². The van der Waals surface area contributed by atoms with Gasteiger partial charge in [-0.1, -0.05) is 18.2 Å². The van der Waals surface area contributed by atoms with Crippen LogP contribution in [0.15, 0.2) is 42.5 Å². The molecule has 5 aliphatic rings. The fraction of sp³-hybridized carbons (Fsp3) is 0.462. The first-order chi connectivity index (χ1) is 16.0. The quantitative estimate of drug-likeness (QED) is 0.703. The molecule has 3 amide bonds. The maximum Gasteiger partial charge on any atom is 0.410 e. The third kappa shape index (κ3) is 3.36. The maximum absolute atomic E-state index is 13.5. The Morgan fingerprint density at radius 2 is 1.64 bits per heavy atom. The number of fused-ring (bicyclic) bond motifs is 4.